The number of rotatable bonds is 3. The van der Waals surface area contributed by atoms with Crippen LogP contribution in [0.25, 0.3) is 17.2 Å². The highest BCUT2D eigenvalue weighted by Gasteiger charge is 2.33. The molecule has 0 saturated heterocycles. The van der Waals surface area contributed by atoms with E-state index < -0.39 is 11.9 Å². The van der Waals surface area contributed by atoms with Gasteiger partial charge >= 0.3 is 11.9 Å². The molecule has 0 radical (unpaired) electrons. The van der Waals surface area contributed by atoms with Crippen molar-refractivity contribution < 1.29 is 19.1 Å². The lowest BCUT2D eigenvalue weighted by atomic mass is 9.84. The van der Waals surface area contributed by atoms with E-state index in [1.165, 1.54) is 14.2 Å². The Morgan fingerprint density at radius 3 is 2.07 bits per heavy atom. The van der Waals surface area contributed by atoms with Crippen molar-refractivity contribution in [2.45, 2.75) is 0 Å². The van der Waals surface area contributed by atoms with Gasteiger partial charge in [-0.15, -0.1) is 0 Å². The van der Waals surface area contributed by atoms with E-state index in [2.05, 4.69) is 0 Å². The molecule has 0 heterocycles. The normalized spacial score (nSPS) is 14.9. The molecular formula is C26H20O4. The van der Waals surface area contributed by atoms with Gasteiger partial charge in [0.25, 0.3) is 0 Å². The minimum absolute atomic E-state index is 0.166. The Balaban J connectivity index is 2.14. The van der Waals surface area contributed by atoms with Crippen molar-refractivity contribution in [1.82, 2.24) is 0 Å². The molecule has 0 fully saturated rings. The van der Waals surface area contributed by atoms with Gasteiger partial charge < -0.3 is 9.47 Å². The summed E-state index contributed by atoms with van der Waals surface area (Å²) in [5.41, 5.74) is 5.32. The molecule has 4 nitrogen and oxygen atoms in total. The van der Waals surface area contributed by atoms with E-state index in [-0.39, 0.29) is 11.1 Å². The van der Waals surface area contributed by atoms with E-state index in [1.807, 2.05) is 78.9 Å². The number of fused-ring (bicyclic) bond motifs is 3. The summed E-state index contributed by atoms with van der Waals surface area (Å²) in [5.74, 6) is -1.19. The zero-order valence-electron chi connectivity index (χ0n) is 16.7. The van der Waals surface area contributed by atoms with E-state index in [0.717, 1.165) is 27.8 Å². The third-order valence-corrected chi connectivity index (χ3v) is 5.13. The first-order chi connectivity index (χ1) is 14.7. The molecule has 148 valence electrons. The number of ether oxygens (including phenoxy) is 2. The number of allylic oxidation sites excluding steroid dienone is 7. The summed E-state index contributed by atoms with van der Waals surface area (Å²) in [5, 5.41) is 0. The molecule has 2 aromatic carbocycles. The lowest BCUT2D eigenvalue weighted by Gasteiger charge is -2.19. The maximum atomic E-state index is 13.0. The van der Waals surface area contributed by atoms with Crippen molar-refractivity contribution in [3.8, 4) is 0 Å². The van der Waals surface area contributed by atoms with Gasteiger partial charge in [0.15, 0.2) is 0 Å². The Kier molecular flexibility index (Phi) is 5.31. The highest BCUT2D eigenvalue weighted by atomic mass is 16.5. The minimum Gasteiger partial charge on any atom is -0.465 e. The van der Waals surface area contributed by atoms with Crippen LogP contribution in [-0.4, -0.2) is 26.2 Å². The largest absolute Gasteiger partial charge is 0.465 e. The first-order valence-corrected chi connectivity index (χ1v) is 9.53. The quantitative estimate of drug-likeness (QED) is 0.702. The van der Waals surface area contributed by atoms with Gasteiger partial charge in [0.1, 0.15) is 0 Å². The Morgan fingerprint density at radius 2 is 1.37 bits per heavy atom. The van der Waals surface area contributed by atoms with Gasteiger partial charge in [-0.05, 0) is 33.9 Å². The fraction of sp³-hybridized carbons (Fsp3) is 0.0769. The van der Waals surface area contributed by atoms with Gasteiger partial charge in [-0.1, -0.05) is 78.9 Å². The van der Waals surface area contributed by atoms with Crippen LogP contribution in [0.2, 0.25) is 0 Å². The SMILES string of the molecule is COC(=O)C1=Cc2ccccc2C2=CC=CC=C(c3ccccc3)C2=C1C(=O)OC. The molecule has 0 N–H and O–H groups in total. The molecule has 0 unspecified atom stereocenters. The van der Waals surface area contributed by atoms with Crippen LogP contribution >= 0.6 is 0 Å². The molecule has 0 atom stereocenters. The zero-order valence-corrected chi connectivity index (χ0v) is 16.7. The van der Waals surface area contributed by atoms with Crippen molar-refractivity contribution in [2.75, 3.05) is 14.2 Å². The summed E-state index contributed by atoms with van der Waals surface area (Å²) in [6.07, 6.45) is 9.45. The smallest absolute Gasteiger partial charge is 0.339 e. The second-order valence-corrected chi connectivity index (χ2v) is 6.79. The molecule has 4 rings (SSSR count). The standard InChI is InChI=1S/C26H20O4/c1-29-25(27)22-16-18-12-6-7-13-19(18)21-15-9-8-14-20(17-10-4-3-5-11-17)23(21)24(22)26(28)30-2/h3-16H,1-2H3. The summed E-state index contributed by atoms with van der Waals surface area (Å²) < 4.78 is 10.2. The molecule has 2 aromatic rings. The second-order valence-electron chi connectivity index (χ2n) is 6.79. The predicted molar refractivity (Wildman–Crippen MR) is 117 cm³/mol. The third kappa shape index (κ3) is 3.33. The molecule has 4 heteroatoms. The van der Waals surface area contributed by atoms with E-state index in [4.69, 9.17) is 9.47 Å². The summed E-state index contributed by atoms with van der Waals surface area (Å²) in [6, 6.07) is 17.5. The topological polar surface area (TPSA) is 52.6 Å². The molecule has 2 aliphatic rings. The molecule has 30 heavy (non-hydrogen) atoms. The maximum Gasteiger partial charge on any atom is 0.339 e. The fourth-order valence-corrected chi connectivity index (χ4v) is 3.78. The van der Waals surface area contributed by atoms with Gasteiger partial charge in [0.2, 0.25) is 0 Å². The number of hydrogen-bond donors (Lipinski definition) is 0. The van der Waals surface area contributed by atoms with Gasteiger partial charge in [-0.25, -0.2) is 9.59 Å². The average Bonchev–Trinajstić information content (AvgIpc) is 3.09. The van der Waals surface area contributed by atoms with E-state index >= 15 is 0 Å². The Bertz CT molecular complexity index is 1170. The van der Waals surface area contributed by atoms with Crippen molar-refractivity contribution in [2.24, 2.45) is 0 Å². The summed E-state index contributed by atoms with van der Waals surface area (Å²) in [7, 11) is 2.62. The Labute approximate surface area is 175 Å². The van der Waals surface area contributed by atoms with Crippen LogP contribution in [0.4, 0.5) is 0 Å². The van der Waals surface area contributed by atoms with Gasteiger partial charge in [-0.3, -0.25) is 0 Å². The molecule has 0 spiro atoms. The van der Waals surface area contributed by atoms with Gasteiger partial charge in [0, 0.05) is 5.57 Å². The van der Waals surface area contributed by atoms with E-state index in [9.17, 15) is 9.59 Å². The van der Waals surface area contributed by atoms with Gasteiger partial charge in [0.05, 0.1) is 25.4 Å². The molecular weight excluding hydrogens is 376 g/mol. The highest BCUT2D eigenvalue weighted by Crippen LogP contribution is 2.44. The van der Waals surface area contributed by atoms with Crippen LogP contribution in [0.1, 0.15) is 16.7 Å². The highest BCUT2D eigenvalue weighted by molar-refractivity contribution is 6.18. The monoisotopic (exact) mass is 396 g/mol. The molecule has 0 aliphatic heterocycles. The molecule has 2 aliphatic carbocycles. The number of methoxy groups -OCH3 is 2. The van der Waals surface area contributed by atoms with E-state index in [0.29, 0.717) is 5.57 Å². The van der Waals surface area contributed by atoms with Crippen LogP contribution in [-0.2, 0) is 19.1 Å². The number of carbonyl (C=O) groups is 2. The van der Waals surface area contributed by atoms with Crippen molar-refractivity contribution >= 4 is 29.2 Å². The first-order valence-electron chi connectivity index (χ1n) is 9.53. The molecule has 0 amide bonds. The molecule has 0 aromatic heterocycles. The van der Waals surface area contributed by atoms with Crippen LogP contribution in [0.3, 0.4) is 0 Å². The predicted octanol–water partition coefficient (Wildman–Crippen LogP) is 4.76. The summed E-state index contributed by atoms with van der Waals surface area (Å²) in [4.78, 5) is 25.8. The average molecular weight is 396 g/mol. The number of esters is 2. The number of carbonyl (C=O) groups excluding carboxylic acids is 2. The number of hydrogen-bond acceptors (Lipinski definition) is 4. The Morgan fingerprint density at radius 1 is 0.733 bits per heavy atom. The van der Waals surface area contributed by atoms with Crippen molar-refractivity contribution in [3.63, 3.8) is 0 Å². The van der Waals surface area contributed by atoms with E-state index in [1.54, 1.807) is 6.08 Å². The van der Waals surface area contributed by atoms with Crippen LogP contribution in [0.5, 0.6) is 0 Å². The maximum absolute atomic E-state index is 13.0. The summed E-state index contributed by atoms with van der Waals surface area (Å²) in [6.45, 7) is 0. The Hall–Kier alpha value is -3.92. The van der Waals surface area contributed by atoms with Crippen molar-refractivity contribution in [3.05, 3.63) is 112 Å². The zero-order chi connectivity index (χ0) is 21.1. The van der Waals surface area contributed by atoms with Crippen LogP contribution in [0.15, 0.2) is 95.6 Å². The van der Waals surface area contributed by atoms with Crippen LogP contribution in [0, 0.1) is 0 Å². The fourth-order valence-electron chi connectivity index (χ4n) is 3.78. The molecule has 0 saturated carbocycles. The van der Waals surface area contributed by atoms with Gasteiger partial charge in [-0.2, -0.15) is 0 Å². The first kappa shape index (κ1) is 19.4. The molecule has 0 bridgehead atoms. The third-order valence-electron chi connectivity index (χ3n) is 5.13. The lowest BCUT2D eigenvalue weighted by molar-refractivity contribution is -0.139. The van der Waals surface area contributed by atoms with Crippen LogP contribution < -0.4 is 0 Å². The summed E-state index contributed by atoms with van der Waals surface area (Å²) >= 11 is 0. The lowest BCUT2D eigenvalue weighted by Crippen LogP contribution is -2.17. The minimum atomic E-state index is -0.594. The second kappa shape index (κ2) is 8.21. The number of benzene rings is 2. The van der Waals surface area contributed by atoms with Crippen molar-refractivity contribution in [1.29, 1.82) is 0 Å².